The molecule has 1 aliphatic heterocycles. The van der Waals surface area contributed by atoms with Gasteiger partial charge in [0.15, 0.2) is 0 Å². The summed E-state index contributed by atoms with van der Waals surface area (Å²) in [6.07, 6.45) is 2.93. The van der Waals surface area contributed by atoms with Crippen LogP contribution in [0, 0.1) is 0 Å². The minimum absolute atomic E-state index is 0.0141. The molecule has 0 aromatic heterocycles. The number of hydrogen-bond donors (Lipinski definition) is 1. The van der Waals surface area contributed by atoms with Crippen molar-refractivity contribution in [1.82, 2.24) is 9.62 Å². The summed E-state index contributed by atoms with van der Waals surface area (Å²) in [6, 6.07) is 6.50. The average Bonchev–Trinajstić information content (AvgIpc) is 2.54. The second-order valence-corrected chi connectivity index (χ2v) is 7.96. The van der Waals surface area contributed by atoms with Crippen molar-refractivity contribution in [2.75, 3.05) is 13.1 Å². The number of hydrogen-bond acceptors (Lipinski definition) is 3. The molecule has 1 unspecified atom stereocenters. The molecule has 0 saturated carbocycles. The number of carbonyl (C=O) groups excluding carboxylic acids is 2. The standard InChI is InChI=1S/C16H22N2O3S/c1-13(2)17-16(20)14-7-6-8-15(11-14)22(21,12-19)18-9-4-3-5-10-18/h6-8,11,13H,3-5,9-10H2,1-2H3,(H,17,20). The molecule has 1 heterocycles. The number of carbonyl (C=O) groups is 1. The van der Waals surface area contributed by atoms with Crippen LogP contribution in [0.1, 0.15) is 43.5 Å². The zero-order valence-corrected chi connectivity index (χ0v) is 13.8. The number of rotatable bonds is 4. The lowest BCUT2D eigenvalue weighted by atomic mass is 10.2. The van der Waals surface area contributed by atoms with Crippen molar-refractivity contribution in [2.45, 2.75) is 44.0 Å². The molecule has 1 saturated heterocycles. The smallest absolute Gasteiger partial charge is 0.251 e. The molecular weight excluding hydrogens is 300 g/mol. The quantitative estimate of drug-likeness (QED) is 0.862. The van der Waals surface area contributed by atoms with Gasteiger partial charge in [-0.2, -0.15) is 0 Å². The predicted molar refractivity (Wildman–Crippen MR) is 86.6 cm³/mol. The molecule has 1 N–H and O–H groups in total. The van der Waals surface area contributed by atoms with Gasteiger partial charge in [0.2, 0.25) is 5.23 Å². The average molecular weight is 322 g/mol. The minimum atomic E-state index is -3.04. The molecule has 1 aliphatic rings. The Morgan fingerprint density at radius 3 is 2.55 bits per heavy atom. The van der Waals surface area contributed by atoms with E-state index in [1.165, 1.54) is 0 Å². The van der Waals surface area contributed by atoms with E-state index < -0.39 is 9.71 Å². The maximum Gasteiger partial charge on any atom is 0.251 e. The molecule has 120 valence electrons. The predicted octanol–water partition coefficient (Wildman–Crippen LogP) is 1.94. The lowest BCUT2D eigenvalue weighted by Crippen LogP contribution is -2.36. The van der Waals surface area contributed by atoms with E-state index in [1.54, 1.807) is 33.8 Å². The van der Waals surface area contributed by atoms with Gasteiger partial charge in [-0.25, -0.2) is 13.3 Å². The molecule has 6 heteroatoms. The van der Waals surface area contributed by atoms with Crippen molar-refractivity contribution in [3.8, 4) is 0 Å². The van der Waals surface area contributed by atoms with Gasteiger partial charge in [-0.05, 0) is 44.9 Å². The number of amides is 1. The van der Waals surface area contributed by atoms with Crippen molar-refractivity contribution in [1.29, 1.82) is 0 Å². The first-order chi connectivity index (χ1) is 10.5. The summed E-state index contributed by atoms with van der Waals surface area (Å²) in [5.41, 5.74) is 0.409. The van der Waals surface area contributed by atoms with Gasteiger partial charge in [0.1, 0.15) is 9.71 Å². The minimum Gasteiger partial charge on any atom is -0.350 e. The summed E-state index contributed by atoms with van der Waals surface area (Å²) in [4.78, 5) is 23.9. The van der Waals surface area contributed by atoms with E-state index in [9.17, 15) is 13.8 Å². The molecule has 0 aliphatic carbocycles. The van der Waals surface area contributed by atoms with Gasteiger partial charge in [0.25, 0.3) is 5.91 Å². The van der Waals surface area contributed by atoms with E-state index in [0.717, 1.165) is 19.3 Å². The van der Waals surface area contributed by atoms with Gasteiger partial charge < -0.3 is 5.32 Å². The fourth-order valence-electron chi connectivity index (χ4n) is 2.53. The van der Waals surface area contributed by atoms with E-state index >= 15 is 0 Å². The van der Waals surface area contributed by atoms with Gasteiger partial charge in [-0.15, -0.1) is 0 Å². The summed E-state index contributed by atoms with van der Waals surface area (Å²) >= 11 is 0. The summed E-state index contributed by atoms with van der Waals surface area (Å²) in [6.45, 7) is 4.99. The van der Waals surface area contributed by atoms with Crippen LogP contribution in [-0.4, -0.2) is 38.8 Å². The second kappa shape index (κ2) is 7.09. The largest absolute Gasteiger partial charge is 0.350 e. The number of benzene rings is 1. The Morgan fingerprint density at radius 2 is 1.95 bits per heavy atom. The Bertz CT molecular complexity index is 680. The molecule has 1 aromatic rings. The van der Waals surface area contributed by atoms with E-state index in [0.29, 0.717) is 23.5 Å². The van der Waals surface area contributed by atoms with E-state index in [4.69, 9.17) is 0 Å². The van der Waals surface area contributed by atoms with Crippen LogP contribution in [0.25, 0.3) is 0 Å². The Balaban J connectivity index is 2.36. The SMILES string of the molecule is CC(C)NC(=O)c1cccc(S(=O)(=C=O)N2CCCCC2)c1. The van der Waals surface area contributed by atoms with Crippen LogP contribution >= 0.6 is 0 Å². The van der Waals surface area contributed by atoms with Gasteiger partial charge in [0, 0.05) is 24.7 Å². The van der Waals surface area contributed by atoms with Crippen molar-refractivity contribution in [2.24, 2.45) is 0 Å². The first-order valence-corrected chi connectivity index (χ1v) is 9.08. The number of nitrogens with one attached hydrogen (secondary N) is 1. The Morgan fingerprint density at radius 1 is 1.27 bits per heavy atom. The molecular formula is C16H22N2O3S. The molecule has 0 bridgehead atoms. The molecule has 22 heavy (non-hydrogen) atoms. The van der Waals surface area contributed by atoms with Gasteiger partial charge in [0.05, 0.1) is 4.90 Å². The van der Waals surface area contributed by atoms with Crippen LogP contribution in [0.5, 0.6) is 0 Å². The van der Waals surface area contributed by atoms with Crippen molar-refractivity contribution < 1.29 is 13.8 Å². The van der Waals surface area contributed by atoms with Crippen LogP contribution in [0.15, 0.2) is 29.2 Å². The van der Waals surface area contributed by atoms with E-state index in [-0.39, 0.29) is 11.9 Å². The first-order valence-electron chi connectivity index (χ1n) is 7.56. The van der Waals surface area contributed by atoms with Gasteiger partial charge in [-0.3, -0.25) is 4.79 Å². The van der Waals surface area contributed by atoms with Crippen LogP contribution in [0.4, 0.5) is 0 Å². The highest BCUT2D eigenvalue weighted by Crippen LogP contribution is 2.21. The molecule has 1 aromatic carbocycles. The fourth-order valence-corrected chi connectivity index (χ4v) is 4.35. The third kappa shape index (κ3) is 3.58. The third-order valence-corrected chi connectivity index (χ3v) is 5.84. The number of piperidine rings is 1. The highest BCUT2D eigenvalue weighted by Gasteiger charge is 2.24. The Labute approximate surface area is 131 Å². The second-order valence-electron chi connectivity index (χ2n) is 5.75. The Hall–Kier alpha value is -1.62. The number of nitrogens with zero attached hydrogens (tertiary/aromatic N) is 1. The van der Waals surface area contributed by atoms with E-state index in [2.05, 4.69) is 5.32 Å². The molecule has 1 fully saturated rings. The lowest BCUT2D eigenvalue weighted by molar-refractivity contribution is 0.0943. The zero-order valence-electron chi connectivity index (χ0n) is 13.0. The summed E-state index contributed by atoms with van der Waals surface area (Å²) in [5.74, 6) is -0.233. The third-order valence-electron chi connectivity index (χ3n) is 3.63. The summed E-state index contributed by atoms with van der Waals surface area (Å²) in [7, 11) is -3.04. The lowest BCUT2D eigenvalue weighted by Gasteiger charge is -2.28. The van der Waals surface area contributed by atoms with Crippen LogP contribution in [0.3, 0.4) is 0 Å². The molecule has 1 amide bonds. The van der Waals surface area contributed by atoms with E-state index in [1.807, 2.05) is 13.8 Å². The zero-order chi connectivity index (χ0) is 16.2. The maximum absolute atomic E-state index is 13.1. The van der Waals surface area contributed by atoms with Crippen molar-refractivity contribution in [3.05, 3.63) is 29.8 Å². The molecule has 0 radical (unpaired) electrons. The summed E-state index contributed by atoms with van der Waals surface area (Å²) < 4.78 is 14.8. The summed E-state index contributed by atoms with van der Waals surface area (Å²) in [5, 5.41) is 4.53. The van der Waals surface area contributed by atoms with Crippen LogP contribution in [-0.2, 0) is 14.5 Å². The van der Waals surface area contributed by atoms with Gasteiger partial charge >= 0.3 is 0 Å². The van der Waals surface area contributed by atoms with Crippen LogP contribution in [0.2, 0.25) is 0 Å². The Kier molecular flexibility index (Phi) is 5.40. The topological polar surface area (TPSA) is 66.5 Å². The monoisotopic (exact) mass is 322 g/mol. The van der Waals surface area contributed by atoms with Crippen LogP contribution < -0.4 is 5.32 Å². The highest BCUT2D eigenvalue weighted by molar-refractivity contribution is 7.98. The molecule has 1 atom stereocenters. The van der Waals surface area contributed by atoms with Crippen molar-refractivity contribution >= 4 is 20.8 Å². The van der Waals surface area contributed by atoms with Gasteiger partial charge in [-0.1, -0.05) is 12.5 Å². The normalized spacial score (nSPS) is 18.5. The fraction of sp³-hybridized carbons (Fsp3) is 0.500. The molecule has 0 spiro atoms. The maximum atomic E-state index is 13.1. The highest BCUT2D eigenvalue weighted by atomic mass is 32.2. The van der Waals surface area contributed by atoms with Crippen molar-refractivity contribution in [3.63, 3.8) is 0 Å². The molecule has 5 nitrogen and oxygen atoms in total. The molecule has 2 rings (SSSR count). The first kappa shape index (κ1) is 16.7.